The van der Waals surface area contributed by atoms with Crippen LogP contribution in [-0.4, -0.2) is 74.3 Å². The summed E-state index contributed by atoms with van der Waals surface area (Å²) in [5.41, 5.74) is 0. The van der Waals surface area contributed by atoms with E-state index < -0.39 is 20.0 Å². The van der Waals surface area contributed by atoms with Crippen molar-refractivity contribution in [1.82, 2.24) is 5.32 Å². The van der Waals surface area contributed by atoms with Crippen LogP contribution >= 0.6 is 7.82 Å². The van der Waals surface area contributed by atoms with Gasteiger partial charge in [0.25, 0.3) is 0 Å². The number of ether oxygens (including phenoxy) is 1. The molecule has 0 fully saturated rings. The van der Waals surface area contributed by atoms with Crippen molar-refractivity contribution in [3.63, 3.8) is 0 Å². The van der Waals surface area contributed by atoms with Crippen LogP contribution in [0.25, 0.3) is 0 Å². The number of carbonyl (C=O) groups excluding carboxylic acids is 2. The molecule has 0 rings (SSSR count). The molecule has 0 aromatic carbocycles. The van der Waals surface area contributed by atoms with Crippen molar-refractivity contribution in [1.29, 1.82) is 0 Å². The van der Waals surface area contributed by atoms with Crippen LogP contribution in [0.3, 0.4) is 0 Å². The van der Waals surface area contributed by atoms with Gasteiger partial charge in [0.2, 0.25) is 5.91 Å². The summed E-state index contributed by atoms with van der Waals surface area (Å²) in [6.45, 7) is 6.86. The Morgan fingerprint density at radius 3 is 1.26 bits per heavy atom. The van der Waals surface area contributed by atoms with E-state index in [0.29, 0.717) is 17.4 Å². The molecule has 0 aromatic rings. The lowest BCUT2D eigenvalue weighted by Crippen LogP contribution is -2.47. The van der Waals surface area contributed by atoms with Crippen LogP contribution in [0.15, 0.2) is 97.2 Å². The highest BCUT2D eigenvalue weighted by Gasteiger charge is 2.30. The highest BCUT2D eigenvalue weighted by atomic mass is 31.2. The lowest BCUT2D eigenvalue weighted by Gasteiger charge is -2.27. The van der Waals surface area contributed by atoms with Crippen LogP contribution in [0.2, 0.25) is 0 Å². The zero-order valence-corrected chi connectivity index (χ0v) is 52.3. The molecule has 0 heterocycles. The normalized spacial score (nSPS) is 14.3. The van der Waals surface area contributed by atoms with Gasteiger partial charge in [0.05, 0.1) is 33.8 Å². The lowest BCUT2D eigenvalue weighted by atomic mass is 10.0. The van der Waals surface area contributed by atoms with Crippen LogP contribution in [0.4, 0.5) is 0 Å². The van der Waals surface area contributed by atoms with Gasteiger partial charge in [-0.05, 0) is 109 Å². The van der Waals surface area contributed by atoms with Crippen molar-refractivity contribution in [2.45, 2.75) is 283 Å². The molecule has 450 valence electrons. The van der Waals surface area contributed by atoms with E-state index in [1.54, 1.807) is 0 Å². The highest BCUT2D eigenvalue weighted by Crippen LogP contribution is 2.43. The van der Waals surface area contributed by atoms with Gasteiger partial charge in [0, 0.05) is 12.8 Å². The lowest BCUT2D eigenvalue weighted by molar-refractivity contribution is -0.870. The molecule has 0 aliphatic heterocycles. The second-order valence-corrected chi connectivity index (χ2v) is 24.0. The van der Waals surface area contributed by atoms with Crippen LogP contribution in [-0.2, 0) is 27.9 Å². The number of hydrogen-bond acceptors (Lipinski definition) is 6. The fourth-order valence-electron chi connectivity index (χ4n) is 8.82. The van der Waals surface area contributed by atoms with Gasteiger partial charge in [-0.2, -0.15) is 0 Å². The summed E-state index contributed by atoms with van der Waals surface area (Å²) in [6, 6.07) is -0.877. The minimum atomic E-state index is -4.47. The van der Waals surface area contributed by atoms with E-state index >= 15 is 0 Å². The van der Waals surface area contributed by atoms with Gasteiger partial charge in [0.15, 0.2) is 0 Å². The first-order valence-corrected chi connectivity index (χ1v) is 33.6. The minimum Gasteiger partial charge on any atom is -0.456 e. The summed E-state index contributed by atoms with van der Waals surface area (Å²) in [6.07, 6.45) is 77.0. The van der Waals surface area contributed by atoms with E-state index in [4.69, 9.17) is 13.8 Å². The van der Waals surface area contributed by atoms with Crippen molar-refractivity contribution in [3.05, 3.63) is 97.2 Å². The third-order valence-corrected chi connectivity index (χ3v) is 14.7. The molecule has 3 unspecified atom stereocenters. The molecule has 9 nitrogen and oxygen atoms in total. The number of nitrogens with one attached hydrogen (secondary N) is 1. The standard InChI is InChI=1S/C68H121N2O7P/c1-7-10-13-16-19-22-25-28-30-32-34-35-37-38-40-42-45-48-51-54-57-60-67(71)69-65(64-76-78(73,74)75-63-62-70(4,5)6)66(59-56-53-50-47-44-27-24-21-18-15-12-9-3)77-68(72)61-58-55-52-49-46-43-41-39-36-33-31-29-26-23-20-17-14-11-8-2/h10,13,19,22,28-31,34-35,38,40,45,48,56,59,65-66H,7-9,11-12,14-18,20-21,23-27,32-33,36-37,39,41-44,46-47,49-55,57-58,60-64H2,1-6H3,(H-,69,71,73,74)/p+1/b13-10-,22-19-,30-28-,31-29+,35-34-,40-38-,48-45-,59-56+. The zero-order chi connectivity index (χ0) is 57.2. The Morgan fingerprint density at radius 1 is 0.462 bits per heavy atom. The minimum absolute atomic E-state index is 0.0273. The molecule has 1 amide bonds. The van der Waals surface area contributed by atoms with E-state index in [0.717, 1.165) is 89.9 Å². The summed E-state index contributed by atoms with van der Waals surface area (Å²) in [5.74, 6) is -0.559. The van der Waals surface area contributed by atoms with Gasteiger partial charge in [0.1, 0.15) is 19.3 Å². The Balaban J connectivity index is 5.31. The average molecular weight is 1110 g/mol. The van der Waals surface area contributed by atoms with E-state index in [1.165, 1.54) is 141 Å². The molecule has 0 aliphatic rings. The first-order valence-electron chi connectivity index (χ1n) is 32.1. The van der Waals surface area contributed by atoms with Crippen molar-refractivity contribution in [2.75, 3.05) is 40.9 Å². The molecular formula is C68H122N2O7P+. The number of phosphoric ester groups is 1. The van der Waals surface area contributed by atoms with Crippen LogP contribution in [0, 0.1) is 0 Å². The number of phosphoric acid groups is 1. The Morgan fingerprint density at radius 2 is 0.821 bits per heavy atom. The summed E-state index contributed by atoms with van der Waals surface area (Å²) >= 11 is 0. The fraction of sp³-hybridized carbons (Fsp3) is 0.735. The summed E-state index contributed by atoms with van der Waals surface area (Å²) in [7, 11) is 1.46. The predicted molar refractivity (Wildman–Crippen MR) is 337 cm³/mol. The number of likely N-dealkylation sites (N-methyl/N-ethyl adjacent to an activating group) is 1. The second-order valence-electron chi connectivity index (χ2n) is 22.5. The van der Waals surface area contributed by atoms with E-state index in [9.17, 15) is 19.0 Å². The number of unbranched alkanes of at least 4 members (excludes halogenated alkanes) is 27. The first kappa shape index (κ1) is 74.9. The molecule has 0 bridgehead atoms. The Kier molecular flexibility index (Phi) is 54.9. The number of esters is 1. The molecule has 78 heavy (non-hydrogen) atoms. The SMILES string of the molecule is CC/C=C\C/C=C\C/C=C\C/C=C\C/C=C\C/C=C\CCCCC(=O)NC(COP(=O)(O)OCC[N+](C)(C)C)C(/C=C/CCCCCCCCCCCC)OC(=O)CCCCCCCCCCC/C=C/CCCCCCCC. The van der Waals surface area contributed by atoms with Crippen molar-refractivity contribution >= 4 is 19.7 Å². The highest BCUT2D eigenvalue weighted by molar-refractivity contribution is 7.47. The smallest absolute Gasteiger partial charge is 0.456 e. The number of carbonyl (C=O) groups is 2. The monoisotopic (exact) mass is 1110 g/mol. The van der Waals surface area contributed by atoms with E-state index in [-0.39, 0.29) is 37.9 Å². The molecule has 0 spiro atoms. The Hall–Kier alpha value is -3.07. The maximum atomic E-state index is 13.5. The fourth-order valence-corrected chi connectivity index (χ4v) is 9.56. The average Bonchev–Trinajstić information content (AvgIpc) is 3.40. The number of allylic oxidation sites excluding steroid dienone is 15. The molecule has 2 N–H and O–H groups in total. The number of nitrogens with zero attached hydrogens (tertiary/aromatic N) is 1. The van der Waals surface area contributed by atoms with Crippen molar-refractivity contribution < 1.29 is 37.3 Å². The number of amides is 1. The molecule has 3 atom stereocenters. The van der Waals surface area contributed by atoms with Crippen LogP contribution in [0.1, 0.15) is 271 Å². The summed E-state index contributed by atoms with van der Waals surface area (Å²) in [4.78, 5) is 37.7. The first-order chi connectivity index (χ1) is 37.9. The second kappa shape index (κ2) is 57.2. The summed E-state index contributed by atoms with van der Waals surface area (Å²) < 4.78 is 30.7. The van der Waals surface area contributed by atoms with Crippen LogP contribution in [0.5, 0.6) is 0 Å². The quantitative estimate of drug-likeness (QED) is 0.0205. The Labute approximate surface area is 481 Å². The van der Waals surface area contributed by atoms with E-state index in [1.807, 2.05) is 33.3 Å². The molecule has 0 saturated carbocycles. The maximum absolute atomic E-state index is 13.5. The topological polar surface area (TPSA) is 111 Å². The van der Waals surface area contributed by atoms with Gasteiger partial charge < -0.3 is 19.4 Å². The molecule has 0 aromatic heterocycles. The number of hydrogen-bond donors (Lipinski definition) is 2. The summed E-state index contributed by atoms with van der Waals surface area (Å²) in [5, 5.41) is 3.03. The van der Waals surface area contributed by atoms with Gasteiger partial charge in [-0.15, -0.1) is 0 Å². The third kappa shape index (κ3) is 57.6. The third-order valence-electron chi connectivity index (χ3n) is 13.8. The van der Waals surface area contributed by atoms with Gasteiger partial charge in [-0.3, -0.25) is 18.6 Å². The van der Waals surface area contributed by atoms with Gasteiger partial charge in [-0.1, -0.05) is 247 Å². The van der Waals surface area contributed by atoms with Crippen molar-refractivity contribution in [3.8, 4) is 0 Å². The number of quaternary nitrogens is 1. The Bertz CT molecular complexity index is 1660. The van der Waals surface area contributed by atoms with Crippen molar-refractivity contribution in [2.24, 2.45) is 0 Å². The van der Waals surface area contributed by atoms with E-state index in [2.05, 4.69) is 111 Å². The molecule has 10 heteroatoms. The van der Waals surface area contributed by atoms with Gasteiger partial charge in [-0.25, -0.2) is 4.57 Å². The molecule has 0 aliphatic carbocycles. The molecule has 0 saturated heterocycles. The predicted octanol–water partition coefficient (Wildman–Crippen LogP) is 19.9. The maximum Gasteiger partial charge on any atom is 0.472 e. The molecular weight excluding hydrogens is 988 g/mol. The largest absolute Gasteiger partial charge is 0.472 e. The zero-order valence-electron chi connectivity index (χ0n) is 51.4. The number of rotatable bonds is 57. The van der Waals surface area contributed by atoms with Gasteiger partial charge >= 0.3 is 13.8 Å². The molecule has 0 radical (unpaired) electrons. The van der Waals surface area contributed by atoms with Crippen LogP contribution < -0.4 is 5.32 Å².